The lowest BCUT2D eigenvalue weighted by Crippen LogP contribution is -2.54. The monoisotopic (exact) mass is 631 g/mol. The molecule has 0 fully saturated rings. The highest BCUT2D eigenvalue weighted by atomic mass is 35.5. The van der Waals surface area contributed by atoms with Crippen LogP contribution in [0.1, 0.15) is 36.1 Å². The summed E-state index contributed by atoms with van der Waals surface area (Å²) in [5, 5.41) is 3.50. The molecule has 44 heavy (non-hydrogen) atoms. The van der Waals surface area contributed by atoms with Gasteiger partial charge in [-0.1, -0.05) is 78.3 Å². The van der Waals surface area contributed by atoms with Gasteiger partial charge in [0.05, 0.1) is 10.6 Å². The first-order valence-electron chi connectivity index (χ1n) is 14.5. The van der Waals surface area contributed by atoms with Crippen molar-refractivity contribution in [2.45, 2.75) is 57.6 Å². The molecule has 2 amide bonds. The van der Waals surface area contributed by atoms with Crippen molar-refractivity contribution in [2.24, 2.45) is 0 Å². The van der Waals surface area contributed by atoms with Crippen LogP contribution < -0.4 is 9.62 Å². The molecule has 1 atom stereocenters. The largest absolute Gasteiger partial charge is 0.352 e. The van der Waals surface area contributed by atoms with Gasteiger partial charge in [0.1, 0.15) is 12.6 Å². The van der Waals surface area contributed by atoms with E-state index in [0.717, 1.165) is 26.6 Å². The maximum atomic E-state index is 14.5. The number of sulfonamides is 1. The molecule has 0 aliphatic carbocycles. The Morgan fingerprint density at radius 3 is 2.00 bits per heavy atom. The first kappa shape index (κ1) is 32.8. The van der Waals surface area contributed by atoms with E-state index in [2.05, 4.69) is 5.32 Å². The molecule has 4 rings (SSSR count). The topological polar surface area (TPSA) is 86.8 Å². The number of aryl methyl sites for hydroxylation is 2. The molecule has 4 aromatic carbocycles. The number of halogens is 1. The van der Waals surface area contributed by atoms with Crippen LogP contribution in [0.4, 0.5) is 5.69 Å². The zero-order chi connectivity index (χ0) is 31.9. The fraction of sp³-hybridized carbons (Fsp3) is 0.257. The van der Waals surface area contributed by atoms with Gasteiger partial charge in [0, 0.05) is 24.0 Å². The summed E-state index contributed by atoms with van der Waals surface area (Å²) >= 11 is 6.14. The second kappa shape index (κ2) is 14.6. The summed E-state index contributed by atoms with van der Waals surface area (Å²) in [5.74, 6) is -0.840. The zero-order valence-electron chi connectivity index (χ0n) is 25.4. The van der Waals surface area contributed by atoms with Crippen LogP contribution in [0.25, 0.3) is 0 Å². The van der Waals surface area contributed by atoms with Gasteiger partial charge in [0.15, 0.2) is 0 Å². The molecular weight excluding hydrogens is 594 g/mol. The summed E-state index contributed by atoms with van der Waals surface area (Å²) < 4.78 is 29.3. The highest BCUT2D eigenvalue weighted by molar-refractivity contribution is 7.92. The lowest BCUT2D eigenvalue weighted by atomic mass is 10.0. The number of hydrogen-bond acceptors (Lipinski definition) is 4. The normalized spacial score (nSPS) is 12.0. The predicted octanol–water partition coefficient (Wildman–Crippen LogP) is 6.32. The summed E-state index contributed by atoms with van der Waals surface area (Å²) in [6, 6.07) is 28.8. The Morgan fingerprint density at radius 2 is 1.41 bits per heavy atom. The van der Waals surface area contributed by atoms with E-state index in [1.54, 1.807) is 54.6 Å². The number of amides is 2. The van der Waals surface area contributed by atoms with Gasteiger partial charge >= 0.3 is 0 Å². The molecule has 1 unspecified atom stereocenters. The van der Waals surface area contributed by atoms with Crippen LogP contribution in [-0.2, 0) is 32.6 Å². The van der Waals surface area contributed by atoms with E-state index >= 15 is 0 Å². The molecule has 0 saturated heterocycles. The van der Waals surface area contributed by atoms with Crippen LogP contribution in [0.5, 0.6) is 0 Å². The van der Waals surface area contributed by atoms with Crippen molar-refractivity contribution in [3.8, 4) is 0 Å². The average molecular weight is 632 g/mol. The van der Waals surface area contributed by atoms with Crippen molar-refractivity contribution in [3.05, 3.63) is 130 Å². The SMILES string of the molecule is Cc1ccc(N(CC(=O)N(Cc2ccc(Cl)cc2)C(Cc2ccccc2)C(=O)NC(C)C)S(=O)(=O)c2ccccc2)cc1C. The van der Waals surface area contributed by atoms with Gasteiger partial charge in [-0.3, -0.25) is 13.9 Å². The Balaban J connectivity index is 1.81. The molecule has 0 aliphatic rings. The average Bonchev–Trinajstić information content (AvgIpc) is 3.00. The van der Waals surface area contributed by atoms with Crippen molar-refractivity contribution < 1.29 is 18.0 Å². The molecule has 0 saturated carbocycles. The Labute approximate surface area is 265 Å². The molecular formula is C35H38ClN3O4S. The Kier molecular flexibility index (Phi) is 10.8. The minimum absolute atomic E-state index is 0.0636. The zero-order valence-corrected chi connectivity index (χ0v) is 27.0. The number of nitrogens with zero attached hydrogens (tertiary/aromatic N) is 2. The van der Waals surface area contributed by atoms with Crippen LogP contribution in [0.15, 0.2) is 108 Å². The minimum Gasteiger partial charge on any atom is -0.352 e. The molecule has 0 aromatic heterocycles. The number of rotatable bonds is 12. The third-order valence-corrected chi connectivity index (χ3v) is 9.40. The fourth-order valence-corrected chi connectivity index (χ4v) is 6.40. The third kappa shape index (κ3) is 8.27. The van der Waals surface area contributed by atoms with Gasteiger partial charge in [-0.05, 0) is 86.3 Å². The second-order valence-electron chi connectivity index (χ2n) is 11.1. The van der Waals surface area contributed by atoms with E-state index in [9.17, 15) is 18.0 Å². The van der Waals surface area contributed by atoms with Gasteiger partial charge < -0.3 is 10.2 Å². The van der Waals surface area contributed by atoms with E-state index in [-0.39, 0.29) is 29.8 Å². The van der Waals surface area contributed by atoms with E-state index in [4.69, 9.17) is 11.6 Å². The number of carbonyl (C=O) groups excluding carboxylic acids is 2. The van der Waals surface area contributed by atoms with E-state index < -0.39 is 28.5 Å². The van der Waals surface area contributed by atoms with Crippen molar-refractivity contribution in [1.29, 1.82) is 0 Å². The molecule has 9 heteroatoms. The summed E-state index contributed by atoms with van der Waals surface area (Å²) in [6.45, 7) is 7.12. The fourth-order valence-electron chi connectivity index (χ4n) is 4.85. The number of nitrogens with one attached hydrogen (secondary N) is 1. The van der Waals surface area contributed by atoms with Gasteiger partial charge in [-0.15, -0.1) is 0 Å². The van der Waals surface area contributed by atoms with Crippen LogP contribution in [-0.4, -0.2) is 43.8 Å². The molecule has 0 bridgehead atoms. The van der Waals surface area contributed by atoms with Crippen molar-refractivity contribution in [1.82, 2.24) is 10.2 Å². The molecule has 1 N–H and O–H groups in total. The maximum Gasteiger partial charge on any atom is 0.264 e. The standard InChI is InChI=1S/C35H38ClN3O4S/c1-25(2)37-35(41)33(22-28-11-7-5-8-12-28)38(23-29-16-18-30(36)19-17-29)34(40)24-39(31-20-15-26(3)27(4)21-31)44(42,43)32-13-9-6-10-14-32/h5-21,25,33H,22-24H2,1-4H3,(H,37,41). The summed E-state index contributed by atoms with van der Waals surface area (Å²) in [5.41, 5.74) is 3.87. The van der Waals surface area contributed by atoms with Crippen LogP contribution >= 0.6 is 11.6 Å². The second-order valence-corrected chi connectivity index (χ2v) is 13.4. The van der Waals surface area contributed by atoms with Gasteiger partial charge in [0.2, 0.25) is 11.8 Å². The minimum atomic E-state index is -4.15. The first-order valence-corrected chi connectivity index (χ1v) is 16.3. The first-order chi connectivity index (χ1) is 21.0. The quantitative estimate of drug-likeness (QED) is 0.198. The molecule has 4 aromatic rings. The maximum absolute atomic E-state index is 14.5. The molecule has 0 heterocycles. The van der Waals surface area contributed by atoms with Crippen LogP contribution in [0.3, 0.4) is 0 Å². The molecule has 230 valence electrons. The van der Waals surface area contributed by atoms with Crippen molar-refractivity contribution in [2.75, 3.05) is 10.8 Å². The lowest BCUT2D eigenvalue weighted by molar-refractivity contribution is -0.140. The lowest BCUT2D eigenvalue weighted by Gasteiger charge is -2.34. The molecule has 0 radical (unpaired) electrons. The van der Waals surface area contributed by atoms with Crippen LogP contribution in [0.2, 0.25) is 5.02 Å². The van der Waals surface area contributed by atoms with Gasteiger partial charge in [-0.25, -0.2) is 8.42 Å². The van der Waals surface area contributed by atoms with Crippen LogP contribution in [0, 0.1) is 13.8 Å². The third-order valence-electron chi connectivity index (χ3n) is 7.36. The summed E-state index contributed by atoms with van der Waals surface area (Å²) in [7, 11) is -4.15. The highest BCUT2D eigenvalue weighted by Crippen LogP contribution is 2.27. The predicted molar refractivity (Wildman–Crippen MR) is 176 cm³/mol. The summed E-state index contributed by atoms with van der Waals surface area (Å²) in [6.07, 6.45) is 0.244. The van der Waals surface area contributed by atoms with Gasteiger partial charge in [-0.2, -0.15) is 0 Å². The number of carbonyl (C=O) groups is 2. The molecule has 0 aliphatic heterocycles. The van der Waals surface area contributed by atoms with E-state index in [1.807, 2.05) is 64.1 Å². The Bertz CT molecular complexity index is 1680. The number of anilines is 1. The molecule has 7 nitrogen and oxygen atoms in total. The van der Waals surface area contributed by atoms with Crippen molar-refractivity contribution >= 4 is 39.1 Å². The van der Waals surface area contributed by atoms with E-state index in [0.29, 0.717) is 10.7 Å². The number of hydrogen-bond donors (Lipinski definition) is 1. The van der Waals surface area contributed by atoms with Crippen molar-refractivity contribution in [3.63, 3.8) is 0 Å². The smallest absolute Gasteiger partial charge is 0.264 e. The van der Waals surface area contributed by atoms with Gasteiger partial charge in [0.25, 0.3) is 10.0 Å². The molecule has 0 spiro atoms. The Morgan fingerprint density at radius 1 is 0.795 bits per heavy atom. The highest BCUT2D eigenvalue weighted by Gasteiger charge is 2.34. The Hall–Kier alpha value is -4.14. The summed E-state index contributed by atoms with van der Waals surface area (Å²) in [4.78, 5) is 29.7. The number of benzene rings is 4. The van der Waals surface area contributed by atoms with E-state index in [1.165, 1.54) is 17.0 Å².